The first-order valence-electron chi connectivity index (χ1n) is 10.8. The Balaban J connectivity index is 1.45. The van der Waals surface area contributed by atoms with Crippen molar-refractivity contribution in [3.8, 4) is 11.4 Å². The molecule has 11 heteroatoms. The number of alkyl halides is 3. The van der Waals surface area contributed by atoms with Crippen LogP contribution in [0.4, 0.5) is 24.5 Å². The van der Waals surface area contributed by atoms with E-state index < -0.39 is 17.3 Å². The fourth-order valence-corrected chi connectivity index (χ4v) is 5.51. The number of hydrogen-bond acceptors (Lipinski definition) is 6. The van der Waals surface area contributed by atoms with Crippen molar-refractivity contribution < 1.29 is 13.2 Å². The van der Waals surface area contributed by atoms with Gasteiger partial charge < -0.3 is 20.6 Å². The lowest BCUT2D eigenvalue weighted by Crippen LogP contribution is -2.47. The molecule has 0 bridgehead atoms. The average molecular weight is 475 g/mol. The first-order valence-corrected chi connectivity index (χ1v) is 11.7. The standard InChI is InChI=1S/C22H21F3N6OS/c23-22(24,25)12-9-14-15(10-16(12)31-6-4-30(5-7-31)11-1-2-11)28-20(27-14)17-18(26)19-13(3-8-33-19)29-21(17)32/h3,8-11H,1-2,4-7H2,(H,27,28)(H3,26,29,32). The number of nitrogen functional groups attached to an aromatic ring is 1. The Morgan fingerprint density at radius 1 is 1.09 bits per heavy atom. The molecule has 7 nitrogen and oxygen atoms in total. The van der Waals surface area contributed by atoms with Crippen LogP contribution in [0.1, 0.15) is 18.4 Å². The number of imidazole rings is 1. The second-order valence-electron chi connectivity index (χ2n) is 8.63. The molecule has 172 valence electrons. The van der Waals surface area contributed by atoms with Crippen LogP contribution in [0.5, 0.6) is 0 Å². The van der Waals surface area contributed by atoms with E-state index in [0.717, 1.165) is 19.2 Å². The lowest BCUT2D eigenvalue weighted by molar-refractivity contribution is -0.137. The summed E-state index contributed by atoms with van der Waals surface area (Å²) < 4.78 is 42.7. The maximum atomic E-state index is 14.0. The lowest BCUT2D eigenvalue weighted by atomic mass is 10.1. The molecule has 1 aliphatic heterocycles. The highest BCUT2D eigenvalue weighted by Crippen LogP contribution is 2.40. The van der Waals surface area contributed by atoms with E-state index in [1.54, 1.807) is 11.0 Å². The Kier molecular flexibility index (Phi) is 4.50. The topological polar surface area (TPSA) is 94.0 Å². The van der Waals surface area contributed by atoms with E-state index >= 15 is 0 Å². The smallest absolute Gasteiger partial charge is 0.397 e. The van der Waals surface area contributed by atoms with E-state index in [1.165, 1.54) is 30.2 Å². The molecule has 2 aliphatic rings. The normalized spacial score (nSPS) is 18.0. The molecule has 33 heavy (non-hydrogen) atoms. The third kappa shape index (κ3) is 3.46. The molecule has 0 radical (unpaired) electrons. The van der Waals surface area contributed by atoms with Crippen molar-refractivity contribution in [3.05, 3.63) is 39.5 Å². The van der Waals surface area contributed by atoms with Gasteiger partial charge in [-0.3, -0.25) is 9.69 Å². The van der Waals surface area contributed by atoms with Crippen molar-refractivity contribution in [2.24, 2.45) is 0 Å². The molecule has 0 spiro atoms. The average Bonchev–Trinajstić information content (AvgIpc) is 3.37. The van der Waals surface area contributed by atoms with Gasteiger partial charge in [0.05, 0.1) is 38.2 Å². The third-order valence-electron chi connectivity index (χ3n) is 6.51. The number of anilines is 2. The number of nitrogens with zero attached hydrogens (tertiary/aromatic N) is 3. The van der Waals surface area contributed by atoms with Crippen LogP contribution in [-0.2, 0) is 6.18 Å². The molecule has 0 unspecified atom stereocenters. The molecule has 1 aromatic carbocycles. The van der Waals surface area contributed by atoms with Gasteiger partial charge in [0.2, 0.25) is 0 Å². The SMILES string of the molecule is Nc1c(-c2nc3cc(C(F)(F)F)c(N4CCN(C5CC5)CC4)cc3[nH]2)c(=O)[nH]c2ccsc12. The Bertz CT molecular complexity index is 1430. The van der Waals surface area contributed by atoms with Gasteiger partial charge in [-0.15, -0.1) is 11.3 Å². The van der Waals surface area contributed by atoms with Gasteiger partial charge in [-0.05, 0) is 36.4 Å². The van der Waals surface area contributed by atoms with Crippen LogP contribution in [0.3, 0.4) is 0 Å². The number of thiophene rings is 1. The van der Waals surface area contributed by atoms with Gasteiger partial charge >= 0.3 is 6.18 Å². The van der Waals surface area contributed by atoms with Crippen molar-refractivity contribution in [1.29, 1.82) is 0 Å². The van der Waals surface area contributed by atoms with Gasteiger partial charge in [0.25, 0.3) is 5.56 Å². The summed E-state index contributed by atoms with van der Waals surface area (Å²) >= 11 is 1.38. The van der Waals surface area contributed by atoms with Crippen LogP contribution in [-0.4, -0.2) is 52.1 Å². The van der Waals surface area contributed by atoms with Gasteiger partial charge in [0, 0.05) is 32.2 Å². The molecule has 1 saturated heterocycles. The van der Waals surface area contributed by atoms with E-state index in [0.29, 0.717) is 34.9 Å². The summed E-state index contributed by atoms with van der Waals surface area (Å²) in [7, 11) is 0. The highest BCUT2D eigenvalue weighted by molar-refractivity contribution is 7.17. The van der Waals surface area contributed by atoms with Gasteiger partial charge in [0.15, 0.2) is 0 Å². The second-order valence-corrected chi connectivity index (χ2v) is 9.55. The predicted octanol–water partition coefficient (Wildman–Crippen LogP) is 4.02. The fraction of sp³-hybridized carbons (Fsp3) is 0.364. The highest BCUT2D eigenvalue weighted by atomic mass is 32.1. The van der Waals surface area contributed by atoms with E-state index in [2.05, 4.69) is 19.9 Å². The summed E-state index contributed by atoms with van der Waals surface area (Å²) in [6.45, 7) is 2.57. The monoisotopic (exact) mass is 474 g/mol. The summed E-state index contributed by atoms with van der Waals surface area (Å²) in [6.07, 6.45) is -2.17. The number of fused-ring (bicyclic) bond motifs is 2. The van der Waals surface area contributed by atoms with Crippen LogP contribution < -0.4 is 16.2 Å². The number of benzene rings is 1. The minimum absolute atomic E-state index is 0.134. The van der Waals surface area contributed by atoms with E-state index in [-0.39, 0.29) is 28.3 Å². The zero-order chi connectivity index (χ0) is 22.9. The number of nitrogens with one attached hydrogen (secondary N) is 2. The molecular formula is C22H21F3N6OS. The molecule has 0 atom stereocenters. The van der Waals surface area contributed by atoms with Crippen molar-refractivity contribution in [2.75, 3.05) is 36.8 Å². The summed E-state index contributed by atoms with van der Waals surface area (Å²) in [6, 6.07) is 4.91. The maximum Gasteiger partial charge on any atom is 0.418 e. The fourth-order valence-electron chi connectivity index (χ4n) is 4.69. The maximum absolute atomic E-state index is 14.0. The van der Waals surface area contributed by atoms with E-state index in [4.69, 9.17) is 5.73 Å². The number of H-pyrrole nitrogens is 2. The molecule has 2 fully saturated rings. The van der Waals surface area contributed by atoms with Gasteiger partial charge in [-0.25, -0.2) is 4.98 Å². The van der Waals surface area contributed by atoms with Gasteiger partial charge in [-0.1, -0.05) is 0 Å². The van der Waals surface area contributed by atoms with Crippen molar-refractivity contribution in [2.45, 2.75) is 25.1 Å². The van der Waals surface area contributed by atoms with E-state index in [9.17, 15) is 18.0 Å². The lowest BCUT2D eigenvalue weighted by Gasteiger charge is -2.37. The van der Waals surface area contributed by atoms with Gasteiger partial charge in [0.1, 0.15) is 11.4 Å². The van der Waals surface area contributed by atoms with E-state index in [1.807, 2.05) is 5.38 Å². The summed E-state index contributed by atoms with van der Waals surface area (Å²) in [4.78, 5) is 26.9. The first-order chi connectivity index (χ1) is 15.8. The third-order valence-corrected chi connectivity index (χ3v) is 7.46. The van der Waals surface area contributed by atoms with Crippen LogP contribution in [0.25, 0.3) is 32.6 Å². The number of aromatic nitrogens is 3. The van der Waals surface area contributed by atoms with Gasteiger partial charge in [-0.2, -0.15) is 13.2 Å². The molecule has 4 N–H and O–H groups in total. The molecule has 0 amide bonds. The number of rotatable bonds is 3. The summed E-state index contributed by atoms with van der Waals surface area (Å²) in [5, 5.41) is 1.81. The zero-order valence-corrected chi connectivity index (χ0v) is 18.3. The minimum Gasteiger partial charge on any atom is -0.397 e. The number of halogens is 3. The number of nitrogens with two attached hydrogens (primary N) is 1. The van der Waals surface area contributed by atoms with Crippen LogP contribution in [0, 0.1) is 0 Å². The molecular weight excluding hydrogens is 453 g/mol. The Morgan fingerprint density at radius 3 is 2.55 bits per heavy atom. The number of pyridine rings is 1. The Labute approximate surface area is 190 Å². The quantitative estimate of drug-likeness (QED) is 0.417. The van der Waals surface area contributed by atoms with Crippen LogP contribution >= 0.6 is 11.3 Å². The number of piperazine rings is 1. The zero-order valence-electron chi connectivity index (χ0n) is 17.5. The highest BCUT2D eigenvalue weighted by Gasteiger charge is 2.38. The Hall–Kier alpha value is -3.05. The minimum atomic E-state index is -4.53. The molecule has 3 aromatic heterocycles. The van der Waals surface area contributed by atoms with Crippen LogP contribution in [0.2, 0.25) is 0 Å². The van der Waals surface area contributed by atoms with Crippen molar-refractivity contribution in [1.82, 2.24) is 19.9 Å². The van der Waals surface area contributed by atoms with Crippen molar-refractivity contribution in [3.63, 3.8) is 0 Å². The molecule has 1 saturated carbocycles. The largest absolute Gasteiger partial charge is 0.418 e. The first kappa shape index (κ1) is 20.5. The molecule has 6 rings (SSSR count). The molecule has 1 aliphatic carbocycles. The summed E-state index contributed by atoms with van der Waals surface area (Å²) in [5.74, 6) is 0.155. The summed E-state index contributed by atoms with van der Waals surface area (Å²) in [5.41, 5.74) is 6.81. The Morgan fingerprint density at radius 2 is 1.85 bits per heavy atom. The number of aromatic amines is 2. The predicted molar refractivity (Wildman–Crippen MR) is 124 cm³/mol. The second kappa shape index (κ2) is 7.22. The van der Waals surface area contributed by atoms with Crippen molar-refractivity contribution >= 4 is 44.0 Å². The molecule has 4 aromatic rings. The molecule has 4 heterocycles. The van der Waals surface area contributed by atoms with Crippen LogP contribution in [0.15, 0.2) is 28.4 Å². The number of hydrogen-bond donors (Lipinski definition) is 3.